The molecule has 0 aliphatic carbocycles. The van der Waals surface area contributed by atoms with Gasteiger partial charge >= 0.3 is 0 Å². The summed E-state index contributed by atoms with van der Waals surface area (Å²) in [5.41, 5.74) is 2.36. The minimum atomic E-state index is 0.326. The Bertz CT molecular complexity index is 485. The molecule has 0 radical (unpaired) electrons. The number of aromatic nitrogens is 1. The average Bonchev–Trinajstić information content (AvgIpc) is 2.62. The van der Waals surface area contributed by atoms with Gasteiger partial charge in [0, 0.05) is 17.6 Å². The van der Waals surface area contributed by atoms with E-state index >= 15 is 0 Å². The van der Waals surface area contributed by atoms with Crippen LogP contribution in [0.3, 0.4) is 0 Å². The molecule has 2 rings (SSSR count). The van der Waals surface area contributed by atoms with Crippen molar-refractivity contribution in [3.05, 3.63) is 41.7 Å². The fourth-order valence-electron chi connectivity index (χ4n) is 1.60. The second kappa shape index (κ2) is 3.46. The number of nitrogens with zero attached hydrogens (tertiary/aromatic N) is 1. The maximum atomic E-state index is 10.7. The summed E-state index contributed by atoms with van der Waals surface area (Å²) in [5, 5.41) is 0. The summed E-state index contributed by atoms with van der Waals surface area (Å²) >= 11 is 0. The van der Waals surface area contributed by atoms with Crippen LogP contribution < -0.4 is 0 Å². The van der Waals surface area contributed by atoms with Crippen LogP contribution in [0.4, 0.5) is 0 Å². The van der Waals surface area contributed by atoms with Gasteiger partial charge in [-0.05, 0) is 24.3 Å². The van der Waals surface area contributed by atoms with Gasteiger partial charge in [0.1, 0.15) is 6.29 Å². The van der Waals surface area contributed by atoms with Gasteiger partial charge in [-0.25, -0.2) is 0 Å². The molecule has 0 aliphatic rings. The highest BCUT2D eigenvalue weighted by Crippen LogP contribution is 2.12. The van der Waals surface area contributed by atoms with Crippen molar-refractivity contribution in [1.29, 1.82) is 0 Å². The second-order valence-electron chi connectivity index (χ2n) is 3.02. The van der Waals surface area contributed by atoms with Crippen LogP contribution in [0.5, 0.6) is 0 Å². The lowest BCUT2D eigenvalue weighted by atomic mass is 10.2. The highest BCUT2D eigenvalue weighted by atomic mass is 16.1. The summed E-state index contributed by atoms with van der Waals surface area (Å²) < 4.78 is 1.79. The third-order valence-corrected chi connectivity index (χ3v) is 2.20. The van der Waals surface area contributed by atoms with Crippen molar-refractivity contribution >= 4 is 18.1 Å². The molecule has 0 saturated heterocycles. The van der Waals surface area contributed by atoms with E-state index < -0.39 is 0 Å². The number of hydrogen-bond acceptors (Lipinski definition) is 2. The summed E-state index contributed by atoms with van der Waals surface area (Å²) in [7, 11) is 0. The van der Waals surface area contributed by atoms with Crippen LogP contribution in [-0.2, 0) is 11.2 Å². The Morgan fingerprint density at radius 1 is 1.14 bits per heavy atom. The summed E-state index contributed by atoms with van der Waals surface area (Å²) in [6, 6.07) is 9.23. The Labute approximate surface area is 81.0 Å². The molecule has 14 heavy (non-hydrogen) atoms. The van der Waals surface area contributed by atoms with Crippen LogP contribution in [0, 0.1) is 0 Å². The zero-order valence-corrected chi connectivity index (χ0v) is 7.51. The van der Waals surface area contributed by atoms with Crippen molar-refractivity contribution in [2.24, 2.45) is 0 Å². The van der Waals surface area contributed by atoms with E-state index in [0.717, 1.165) is 23.8 Å². The smallest absolute Gasteiger partial charge is 0.166 e. The Morgan fingerprint density at radius 2 is 2.00 bits per heavy atom. The van der Waals surface area contributed by atoms with Crippen molar-refractivity contribution in [3.63, 3.8) is 0 Å². The first-order valence-electron chi connectivity index (χ1n) is 4.35. The van der Waals surface area contributed by atoms with Crippen molar-refractivity contribution < 1.29 is 9.59 Å². The zero-order chi connectivity index (χ0) is 9.97. The molecule has 0 spiro atoms. The van der Waals surface area contributed by atoms with Crippen molar-refractivity contribution in [2.45, 2.75) is 6.42 Å². The van der Waals surface area contributed by atoms with Gasteiger partial charge in [0.2, 0.25) is 0 Å². The summed E-state index contributed by atoms with van der Waals surface area (Å²) in [6.45, 7) is 0. The number of pyridine rings is 1. The Morgan fingerprint density at radius 3 is 2.71 bits per heavy atom. The van der Waals surface area contributed by atoms with Gasteiger partial charge in [-0.2, -0.15) is 0 Å². The summed E-state index contributed by atoms with van der Waals surface area (Å²) in [4.78, 5) is 21.2. The van der Waals surface area contributed by atoms with Gasteiger partial charge in [0.05, 0.1) is 5.69 Å². The number of rotatable bonds is 3. The fraction of sp³-hybridized carbons (Fsp3) is 0.0909. The molecule has 0 aliphatic heterocycles. The van der Waals surface area contributed by atoms with E-state index in [1.807, 2.05) is 24.3 Å². The minimum Gasteiger partial charge on any atom is -0.311 e. The Kier molecular flexibility index (Phi) is 2.14. The second-order valence-corrected chi connectivity index (χ2v) is 3.02. The van der Waals surface area contributed by atoms with Gasteiger partial charge in [0.15, 0.2) is 6.29 Å². The van der Waals surface area contributed by atoms with E-state index in [1.54, 1.807) is 10.5 Å². The number of hydrogen-bond donors (Lipinski definition) is 0. The zero-order valence-electron chi connectivity index (χ0n) is 7.51. The molecule has 0 saturated carbocycles. The highest BCUT2D eigenvalue weighted by Gasteiger charge is 2.03. The molecular formula is C11H9NO2. The van der Waals surface area contributed by atoms with E-state index in [9.17, 15) is 9.59 Å². The fourth-order valence-corrected chi connectivity index (χ4v) is 1.60. The van der Waals surface area contributed by atoms with Crippen LogP contribution in [-0.4, -0.2) is 17.0 Å². The van der Waals surface area contributed by atoms with E-state index in [2.05, 4.69) is 0 Å². The molecule has 3 heteroatoms. The van der Waals surface area contributed by atoms with Crippen molar-refractivity contribution in [1.82, 2.24) is 4.40 Å². The minimum absolute atomic E-state index is 0.326. The Hall–Kier alpha value is -1.90. The van der Waals surface area contributed by atoms with Crippen LogP contribution in [0.2, 0.25) is 0 Å². The number of fused-ring (bicyclic) bond motifs is 1. The molecule has 0 atom stereocenters. The molecule has 0 fully saturated rings. The normalized spacial score (nSPS) is 10.3. The first-order valence-corrected chi connectivity index (χ1v) is 4.35. The maximum absolute atomic E-state index is 10.7. The lowest BCUT2D eigenvalue weighted by Gasteiger charge is -2.03. The van der Waals surface area contributed by atoms with E-state index in [-0.39, 0.29) is 0 Å². The standard InChI is InChI=1S/C11H9NO2/c13-7-6-10-3-1-2-9-4-5-11(8-14)12(9)10/h1-5,7-8H,6H2. The topological polar surface area (TPSA) is 38.5 Å². The summed E-state index contributed by atoms with van der Waals surface area (Å²) in [5.74, 6) is 0. The quantitative estimate of drug-likeness (QED) is 0.683. The molecule has 0 amide bonds. The first kappa shape index (κ1) is 8.69. The molecule has 70 valence electrons. The largest absolute Gasteiger partial charge is 0.311 e. The molecular weight excluding hydrogens is 178 g/mol. The predicted molar refractivity (Wildman–Crippen MR) is 52.6 cm³/mol. The van der Waals surface area contributed by atoms with E-state index in [0.29, 0.717) is 12.1 Å². The molecule has 2 heterocycles. The van der Waals surface area contributed by atoms with Crippen LogP contribution in [0.15, 0.2) is 30.3 Å². The van der Waals surface area contributed by atoms with Gasteiger partial charge in [-0.15, -0.1) is 0 Å². The van der Waals surface area contributed by atoms with Crippen LogP contribution in [0.1, 0.15) is 16.2 Å². The third-order valence-electron chi connectivity index (χ3n) is 2.20. The van der Waals surface area contributed by atoms with Crippen LogP contribution in [0.25, 0.3) is 5.52 Å². The first-order chi connectivity index (χ1) is 6.86. The highest BCUT2D eigenvalue weighted by molar-refractivity contribution is 5.76. The lowest BCUT2D eigenvalue weighted by molar-refractivity contribution is -0.107. The van der Waals surface area contributed by atoms with E-state index in [4.69, 9.17) is 0 Å². The number of aldehydes is 2. The van der Waals surface area contributed by atoms with E-state index in [1.165, 1.54) is 0 Å². The van der Waals surface area contributed by atoms with Gasteiger partial charge in [-0.1, -0.05) is 6.07 Å². The molecule has 0 unspecified atom stereocenters. The molecule has 0 aromatic carbocycles. The van der Waals surface area contributed by atoms with Gasteiger partial charge in [-0.3, -0.25) is 4.79 Å². The number of carbonyl (C=O) groups excluding carboxylic acids is 2. The molecule has 0 bridgehead atoms. The number of carbonyl (C=O) groups is 2. The summed E-state index contributed by atoms with van der Waals surface area (Å²) in [6.07, 6.45) is 1.96. The SMILES string of the molecule is O=CCc1cccc2ccc(C=O)n12. The lowest BCUT2D eigenvalue weighted by Crippen LogP contribution is -2.00. The van der Waals surface area contributed by atoms with Crippen molar-refractivity contribution in [3.8, 4) is 0 Å². The average molecular weight is 187 g/mol. The predicted octanol–water partition coefficient (Wildman–Crippen LogP) is 1.49. The monoisotopic (exact) mass is 187 g/mol. The third kappa shape index (κ3) is 1.23. The molecule has 2 aromatic rings. The van der Waals surface area contributed by atoms with Crippen molar-refractivity contribution in [2.75, 3.05) is 0 Å². The Balaban J connectivity index is 2.74. The van der Waals surface area contributed by atoms with Crippen LogP contribution >= 0.6 is 0 Å². The molecule has 3 nitrogen and oxygen atoms in total. The maximum Gasteiger partial charge on any atom is 0.166 e. The molecule has 0 N–H and O–H groups in total. The van der Waals surface area contributed by atoms with Gasteiger partial charge in [0.25, 0.3) is 0 Å². The molecule has 2 aromatic heterocycles. The van der Waals surface area contributed by atoms with Gasteiger partial charge < -0.3 is 9.20 Å².